The van der Waals surface area contributed by atoms with Crippen LogP contribution in [0.25, 0.3) is 0 Å². The van der Waals surface area contributed by atoms with E-state index >= 15 is 0 Å². The van der Waals surface area contributed by atoms with E-state index in [0.29, 0.717) is 19.4 Å². The Morgan fingerprint density at radius 1 is 0.380 bits per heavy atom. The van der Waals surface area contributed by atoms with Crippen molar-refractivity contribution in [1.82, 2.24) is 5.32 Å². The first-order valence-electron chi connectivity index (χ1n) is 32.5. The monoisotopic (exact) mass is 1000 g/mol. The number of esters is 1. The van der Waals surface area contributed by atoms with Gasteiger partial charge in [-0.25, -0.2) is 0 Å². The van der Waals surface area contributed by atoms with E-state index in [4.69, 9.17) is 4.74 Å². The van der Waals surface area contributed by atoms with Gasteiger partial charge in [-0.3, -0.25) is 9.59 Å². The minimum absolute atomic E-state index is 0.0212. The van der Waals surface area contributed by atoms with E-state index < -0.39 is 12.1 Å². The van der Waals surface area contributed by atoms with Gasteiger partial charge in [0.15, 0.2) is 0 Å². The summed E-state index contributed by atoms with van der Waals surface area (Å²) in [4.78, 5) is 24.5. The zero-order chi connectivity index (χ0) is 51.4. The lowest BCUT2D eigenvalue weighted by Gasteiger charge is -2.20. The van der Waals surface area contributed by atoms with Crippen LogP contribution in [0, 0.1) is 0 Å². The number of carbonyl (C=O) groups excluding carboxylic acids is 2. The van der Waals surface area contributed by atoms with E-state index in [0.717, 1.165) is 38.5 Å². The smallest absolute Gasteiger partial charge is 0.305 e. The molecule has 0 spiro atoms. The molecule has 2 unspecified atom stereocenters. The van der Waals surface area contributed by atoms with Crippen molar-refractivity contribution in [3.8, 4) is 0 Å². The number of aliphatic hydroxyl groups excluding tert-OH is 2. The number of hydrogen-bond donors (Lipinski definition) is 3. The molecule has 0 aliphatic carbocycles. The number of aliphatic hydroxyl groups is 2. The van der Waals surface area contributed by atoms with Crippen molar-refractivity contribution >= 4 is 11.9 Å². The molecule has 0 aromatic rings. The van der Waals surface area contributed by atoms with Crippen LogP contribution in [0.5, 0.6) is 0 Å². The summed E-state index contributed by atoms with van der Waals surface area (Å²) >= 11 is 0. The van der Waals surface area contributed by atoms with E-state index in [9.17, 15) is 19.8 Å². The molecule has 0 aromatic carbocycles. The third kappa shape index (κ3) is 57.7. The first-order valence-corrected chi connectivity index (χ1v) is 32.5. The first-order chi connectivity index (χ1) is 35.0. The molecular formula is C65H127NO5. The number of unbranched alkanes of at least 4 members (excludes halogenated alkanes) is 50. The molecule has 0 heterocycles. The Morgan fingerprint density at radius 3 is 0.958 bits per heavy atom. The molecule has 0 bridgehead atoms. The number of ether oxygens (including phenoxy) is 1. The minimum atomic E-state index is -0.840. The van der Waals surface area contributed by atoms with Gasteiger partial charge in [0.2, 0.25) is 5.91 Å². The molecule has 0 aromatic heterocycles. The van der Waals surface area contributed by atoms with Crippen LogP contribution in [0.2, 0.25) is 0 Å². The average molecular weight is 1000 g/mol. The summed E-state index contributed by atoms with van der Waals surface area (Å²) in [6, 6.07) is -0.624. The van der Waals surface area contributed by atoms with Crippen molar-refractivity contribution in [3.05, 3.63) is 12.2 Å². The van der Waals surface area contributed by atoms with E-state index in [1.807, 2.05) is 6.08 Å². The molecule has 0 saturated carbocycles. The molecule has 0 aliphatic rings. The summed E-state index contributed by atoms with van der Waals surface area (Å²) in [6.45, 7) is 4.93. The number of rotatable bonds is 61. The number of hydrogen-bond acceptors (Lipinski definition) is 5. The second kappa shape index (κ2) is 61.1. The Balaban J connectivity index is 3.33. The zero-order valence-electron chi connectivity index (χ0n) is 48.2. The zero-order valence-corrected chi connectivity index (χ0v) is 48.2. The van der Waals surface area contributed by atoms with Gasteiger partial charge in [-0.15, -0.1) is 0 Å². The Labute approximate surface area is 444 Å². The first kappa shape index (κ1) is 69.6. The molecule has 1 amide bonds. The third-order valence-electron chi connectivity index (χ3n) is 15.3. The fraction of sp³-hybridized carbons (Fsp3) is 0.938. The predicted octanol–water partition coefficient (Wildman–Crippen LogP) is 20.4. The Bertz CT molecular complexity index is 1060. The van der Waals surface area contributed by atoms with Crippen LogP contribution in [0.15, 0.2) is 12.2 Å². The number of allylic oxidation sites excluding steroid dienone is 1. The molecule has 0 radical (unpaired) electrons. The summed E-state index contributed by atoms with van der Waals surface area (Å²) in [6.07, 6.45) is 74.2. The standard InChI is InChI=1S/C65H127NO5/c1-3-5-7-9-11-13-15-17-31-35-39-43-47-51-55-59-65(70)71-60-56-52-48-44-40-36-33-30-28-26-24-22-20-18-19-21-23-25-27-29-32-34-38-42-46-50-54-58-64(69)66-62(61-67)63(68)57-53-49-45-41-37-16-14-12-10-8-6-4-2/h53,57,62-63,67-68H,3-52,54-56,58-61H2,1-2H3,(H,66,69)/b57-53+. The Hall–Kier alpha value is -1.40. The Kier molecular flexibility index (Phi) is 59.9. The molecule has 2 atom stereocenters. The fourth-order valence-electron chi connectivity index (χ4n) is 10.3. The summed E-state index contributed by atoms with van der Waals surface area (Å²) in [5.41, 5.74) is 0. The quantitative estimate of drug-likeness (QED) is 0.0320. The van der Waals surface area contributed by atoms with Crippen molar-refractivity contribution in [2.45, 2.75) is 379 Å². The van der Waals surface area contributed by atoms with Gasteiger partial charge in [0, 0.05) is 12.8 Å². The molecule has 3 N–H and O–H groups in total. The largest absolute Gasteiger partial charge is 0.466 e. The second-order valence-electron chi connectivity index (χ2n) is 22.5. The van der Waals surface area contributed by atoms with Crippen LogP contribution in [-0.2, 0) is 14.3 Å². The molecule has 0 saturated heterocycles. The minimum Gasteiger partial charge on any atom is -0.466 e. The summed E-state index contributed by atoms with van der Waals surface area (Å²) in [5.74, 6) is -0.0430. The highest BCUT2D eigenvalue weighted by Gasteiger charge is 2.18. The van der Waals surface area contributed by atoms with E-state index in [1.54, 1.807) is 6.08 Å². The topological polar surface area (TPSA) is 95.9 Å². The van der Waals surface area contributed by atoms with Crippen LogP contribution in [0.4, 0.5) is 0 Å². The molecule has 422 valence electrons. The molecule has 0 aliphatic heterocycles. The van der Waals surface area contributed by atoms with Crippen LogP contribution >= 0.6 is 0 Å². The van der Waals surface area contributed by atoms with E-state index in [1.165, 1.54) is 302 Å². The van der Waals surface area contributed by atoms with Gasteiger partial charge in [-0.1, -0.05) is 334 Å². The van der Waals surface area contributed by atoms with Gasteiger partial charge in [0.1, 0.15) is 0 Å². The van der Waals surface area contributed by atoms with Crippen molar-refractivity contribution in [3.63, 3.8) is 0 Å². The van der Waals surface area contributed by atoms with Gasteiger partial charge < -0.3 is 20.3 Å². The van der Waals surface area contributed by atoms with Crippen molar-refractivity contribution < 1.29 is 24.5 Å². The normalized spacial score (nSPS) is 12.6. The Morgan fingerprint density at radius 2 is 0.648 bits per heavy atom. The third-order valence-corrected chi connectivity index (χ3v) is 15.3. The van der Waals surface area contributed by atoms with Gasteiger partial charge in [0.05, 0.1) is 25.4 Å². The molecule has 6 heteroatoms. The predicted molar refractivity (Wildman–Crippen MR) is 310 cm³/mol. The summed E-state index contributed by atoms with van der Waals surface area (Å²) < 4.78 is 5.50. The highest BCUT2D eigenvalue weighted by atomic mass is 16.5. The van der Waals surface area contributed by atoms with Crippen LogP contribution in [0.3, 0.4) is 0 Å². The second-order valence-corrected chi connectivity index (χ2v) is 22.5. The number of nitrogens with one attached hydrogen (secondary N) is 1. The summed E-state index contributed by atoms with van der Waals surface area (Å²) in [5, 5.41) is 23.1. The maximum Gasteiger partial charge on any atom is 0.305 e. The SMILES string of the molecule is CCCCCCCCCCCC/C=C/C(O)C(CO)NC(=O)CCCCCCCCCCCCCCCCCCCCCCCCCCCCCOC(=O)CCCCCCCCCCCCCCCCC. The van der Waals surface area contributed by atoms with Crippen molar-refractivity contribution in [2.75, 3.05) is 13.2 Å². The molecule has 0 fully saturated rings. The van der Waals surface area contributed by atoms with Crippen LogP contribution in [0.1, 0.15) is 367 Å². The highest BCUT2D eigenvalue weighted by molar-refractivity contribution is 5.76. The number of carbonyl (C=O) groups is 2. The molecule has 0 rings (SSSR count). The van der Waals surface area contributed by atoms with Crippen LogP contribution in [-0.4, -0.2) is 47.4 Å². The summed E-state index contributed by atoms with van der Waals surface area (Å²) in [7, 11) is 0. The van der Waals surface area contributed by atoms with Crippen LogP contribution < -0.4 is 5.32 Å². The maximum absolute atomic E-state index is 12.4. The fourth-order valence-corrected chi connectivity index (χ4v) is 10.3. The molecule has 6 nitrogen and oxygen atoms in total. The lowest BCUT2D eigenvalue weighted by atomic mass is 10.0. The highest BCUT2D eigenvalue weighted by Crippen LogP contribution is 2.18. The van der Waals surface area contributed by atoms with Gasteiger partial charge in [-0.2, -0.15) is 0 Å². The lowest BCUT2D eigenvalue weighted by Crippen LogP contribution is -2.45. The molecule has 71 heavy (non-hydrogen) atoms. The lowest BCUT2D eigenvalue weighted by molar-refractivity contribution is -0.143. The maximum atomic E-state index is 12.4. The number of amides is 1. The average Bonchev–Trinajstić information content (AvgIpc) is 3.37. The van der Waals surface area contributed by atoms with Gasteiger partial charge >= 0.3 is 5.97 Å². The van der Waals surface area contributed by atoms with E-state index in [-0.39, 0.29) is 18.5 Å². The van der Waals surface area contributed by atoms with Crippen molar-refractivity contribution in [2.24, 2.45) is 0 Å². The van der Waals surface area contributed by atoms with Gasteiger partial charge in [-0.05, 0) is 32.1 Å². The van der Waals surface area contributed by atoms with E-state index in [2.05, 4.69) is 19.2 Å². The molecular weight excluding hydrogens is 875 g/mol. The van der Waals surface area contributed by atoms with Gasteiger partial charge in [0.25, 0.3) is 0 Å². The van der Waals surface area contributed by atoms with Crippen molar-refractivity contribution in [1.29, 1.82) is 0 Å².